The number of allylic oxidation sites excluding steroid dienone is 1. The van der Waals surface area contributed by atoms with Crippen LogP contribution in [-0.4, -0.2) is 10.9 Å². The Morgan fingerprint density at radius 2 is 1.56 bits per heavy atom. The largest absolute Gasteiger partial charge is 0.508 e. The highest BCUT2D eigenvalue weighted by molar-refractivity contribution is 6.50. The van der Waals surface area contributed by atoms with Crippen LogP contribution in [-0.2, 0) is 0 Å². The van der Waals surface area contributed by atoms with Crippen molar-refractivity contribution in [3.63, 3.8) is 0 Å². The van der Waals surface area contributed by atoms with Crippen molar-refractivity contribution in [1.82, 2.24) is 0 Å². The molecule has 90 valence electrons. The molecule has 3 heteroatoms. The third kappa shape index (κ3) is 2.99. The number of hydrogen-bond acceptors (Lipinski definition) is 2. The molecule has 1 N–H and O–H groups in total. The Morgan fingerprint density at radius 3 is 2.17 bits per heavy atom. The average Bonchev–Trinajstić information content (AvgIpc) is 2.40. The SMILES string of the molecule is O=C(/C=C(\Cl)c1ccc(O)cc1)c1ccccc1. The molecule has 0 aromatic heterocycles. The first kappa shape index (κ1) is 12.4. The minimum Gasteiger partial charge on any atom is -0.508 e. The predicted octanol–water partition coefficient (Wildman–Crippen LogP) is 3.85. The van der Waals surface area contributed by atoms with Crippen LogP contribution in [0.2, 0.25) is 0 Å². The summed E-state index contributed by atoms with van der Waals surface area (Å²) in [6, 6.07) is 15.3. The van der Waals surface area contributed by atoms with Gasteiger partial charge in [-0.3, -0.25) is 4.79 Å². The topological polar surface area (TPSA) is 37.3 Å². The Bertz CT molecular complexity index is 571. The summed E-state index contributed by atoms with van der Waals surface area (Å²) in [5.74, 6) is 0.0197. The molecule has 0 atom stereocenters. The number of aromatic hydroxyl groups is 1. The lowest BCUT2D eigenvalue weighted by molar-refractivity contribution is 0.104. The molecule has 0 radical (unpaired) electrons. The molecular weight excluding hydrogens is 248 g/mol. The summed E-state index contributed by atoms with van der Waals surface area (Å²) in [5, 5.41) is 9.52. The molecule has 0 fully saturated rings. The summed E-state index contributed by atoms with van der Waals surface area (Å²) in [6.45, 7) is 0. The average molecular weight is 259 g/mol. The number of ketones is 1. The van der Waals surface area contributed by atoms with Crippen LogP contribution in [0, 0.1) is 0 Å². The normalized spacial score (nSPS) is 11.3. The quantitative estimate of drug-likeness (QED) is 0.671. The molecule has 0 aliphatic rings. The van der Waals surface area contributed by atoms with Gasteiger partial charge in [0.2, 0.25) is 0 Å². The molecule has 18 heavy (non-hydrogen) atoms. The van der Waals surface area contributed by atoms with E-state index in [0.717, 1.165) is 0 Å². The van der Waals surface area contributed by atoms with Crippen LogP contribution in [0.1, 0.15) is 15.9 Å². The molecule has 2 aromatic carbocycles. The van der Waals surface area contributed by atoms with Gasteiger partial charge in [-0.2, -0.15) is 0 Å². The van der Waals surface area contributed by atoms with E-state index in [4.69, 9.17) is 16.7 Å². The number of carbonyl (C=O) groups excluding carboxylic acids is 1. The fourth-order valence-electron chi connectivity index (χ4n) is 1.50. The Hall–Kier alpha value is -2.06. The first-order chi connectivity index (χ1) is 8.66. The zero-order chi connectivity index (χ0) is 13.0. The Balaban J connectivity index is 2.23. The molecule has 0 aliphatic carbocycles. The van der Waals surface area contributed by atoms with Gasteiger partial charge in [0.25, 0.3) is 0 Å². The molecule has 2 nitrogen and oxygen atoms in total. The Morgan fingerprint density at radius 1 is 0.944 bits per heavy atom. The third-order valence-corrected chi connectivity index (χ3v) is 2.79. The molecule has 0 amide bonds. The number of rotatable bonds is 3. The van der Waals surface area contributed by atoms with Crippen molar-refractivity contribution in [1.29, 1.82) is 0 Å². The van der Waals surface area contributed by atoms with Crippen molar-refractivity contribution in [2.75, 3.05) is 0 Å². The number of carbonyl (C=O) groups is 1. The molecule has 0 saturated heterocycles. The van der Waals surface area contributed by atoms with E-state index in [2.05, 4.69) is 0 Å². The van der Waals surface area contributed by atoms with E-state index >= 15 is 0 Å². The molecule has 2 aromatic rings. The third-order valence-electron chi connectivity index (χ3n) is 2.46. The molecule has 0 unspecified atom stereocenters. The lowest BCUT2D eigenvalue weighted by atomic mass is 10.1. The highest BCUT2D eigenvalue weighted by atomic mass is 35.5. The maximum atomic E-state index is 11.9. The summed E-state index contributed by atoms with van der Waals surface area (Å²) >= 11 is 6.06. The number of phenols is 1. The lowest BCUT2D eigenvalue weighted by Gasteiger charge is -2.00. The Kier molecular flexibility index (Phi) is 3.80. The minimum absolute atomic E-state index is 0.145. The number of hydrogen-bond donors (Lipinski definition) is 1. The van der Waals surface area contributed by atoms with Gasteiger partial charge < -0.3 is 5.11 Å². The number of halogens is 1. The van der Waals surface area contributed by atoms with Crippen LogP contribution >= 0.6 is 11.6 Å². The minimum atomic E-state index is -0.145. The zero-order valence-electron chi connectivity index (χ0n) is 9.51. The standard InChI is InChI=1S/C15H11ClO2/c16-14(11-6-8-13(17)9-7-11)10-15(18)12-4-2-1-3-5-12/h1-10,17H/b14-10-. The van der Waals surface area contributed by atoms with Crippen molar-refractivity contribution in [3.8, 4) is 5.75 Å². The van der Waals surface area contributed by atoms with Crippen molar-refractivity contribution in [2.45, 2.75) is 0 Å². The van der Waals surface area contributed by atoms with E-state index in [1.807, 2.05) is 6.07 Å². The summed E-state index contributed by atoms with van der Waals surface area (Å²) in [6.07, 6.45) is 1.38. The summed E-state index contributed by atoms with van der Waals surface area (Å²) in [7, 11) is 0. The van der Waals surface area contributed by atoms with Crippen LogP contribution < -0.4 is 0 Å². The summed E-state index contributed by atoms with van der Waals surface area (Å²) < 4.78 is 0. The smallest absolute Gasteiger partial charge is 0.187 e. The van der Waals surface area contributed by atoms with Gasteiger partial charge in [-0.1, -0.05) is 41.9 Å². The second-order valence-electron chi connectivity index (χ2n) is 3.77. The fourth-order valence-corrected chi connectivity index (χ4v) is 1.73. The van der Waals surface area contributed by atoms with Gasteiger partial charge in [0.1, 0.15) is 5.75 Å². The highest BCUT2D eigenvalue weighted by Gasteiger charge is 2.04. The molecule has 2 rings (SSSR count). The lowest BCUT2D eigenvalue weighted by Crippen LogP contribution is -1.94. The van der Waals surface area contributed by atoms with Crippen LogP contribution in [0.25, 0.3) is 5.03 Å². The van der Waals surface area contributed by atoms with Crippen LogP contribution in [0.4, 0.5) is 0 Å². The van der Waals surface area contributed by atoms with E-state index in [9.17, 15) is 4.79 Å². The van der Waals surface area contributed by atoms with Crippen LogP contribution in [0.5, 0.6) is 5.75 Å². The summed E-state index contributed by atoms with van der Waals surface area (Å²) in [5.41, 5.74) is 1.29. The van der Waals surface area contributed by atoms with E-state index in [1.54, 1.807) is 36.4 Å². The van der Waals surface area contributed by atoms with Gasteiger partial charge in [0.05, 0.1) is 5.03 Å². The fraction of sp³-hybridized carbons (Fsp3) is 0. The number of benzene rings is 2. The van der Waals surface area contributed by atoms with Crippen LogP contribution in [0.15, 0.2) is 60.7 Å². The van der Waals surface area contributed by atoms with Crippen molar-refractivity contribution in [2.24, 2.45) is 0 Å². The second kappa shape index (κ2) is 5.52. The van der Waals surface area contributed by atoms with Crippen molar-refractivity contribution in [3.05, 3.63) is 71.8 Å². The second-order valence-corrected chi connectivity index (χ2v) is 4.18. The first-order valence-electron chi connectivity index (χ1n) is 5.43. The highest BCUT2D eigenvalue weighted by Crippen LogP contribution is 2.21. The molecule has 0 spiro atoms. The molecule has 0 saturated carbocycles. The van der Waals surface area contributed by atoms with Gasteiger partial charge in [0, 0.05) is 11.6 Å². The van der Waals surface area contributed by atoms with E-state index < -0.39 is 0 Å². The maximum Gasteiger partial charge on any atom is 0.187 e. The van der Waals surface area contributed by atoms with Crippen LogP contribution in [0.3, 0.4) is 0 Å². The van der Waals surface area contributed by atoms with Gasteiger partial charge in [-0.25, -0.2) is 0 Å². The van der Waals surface area contributed by atoms with Gasteiger partial charge in [-0.15, -0.1) is 0 Å². The maximum absolute atomic E-state index is 11.9. The van der Waals surface area contributed by atoms with Crippen molar-refractivity contribution >= 4 is 22.4 Å². The molecule has 0 aliphatic heterocycles. The van der Waals surface area contributed by atoms with Gasteiger partial charge in [0.15, 0.2) is 5.78 Å². The zero-order valence-corrected chi connectivity index (χ0v) is 10.3. The predicted molar refractivity (Wildman–Crippen MR) is 72.7 cm³/mol. The molecule has 0 bridgehead atoms. The van der Waals surface area contributed by atoms with Crippen molar-refractivity contribution < 1.29 is 9.90 Å². The first-order valence-corrected chi connectivity index (χ1v) is 5.80. The van der Waals surface area contributed by atoms with Gasteiger partial charge >= 0.3 is 0 Å². The van der Waals surface area contributed by atoms with E-state index in [1.165, 1.54) is 18.2 Å². The van der Waals surface area contributed by atoms with E-state index in [-0.39, 0.29) is 11.5 Å². The summed E-state index contributed by atoms with van der Waals surface area (Å²) in [4.78, 5) is 11.9. The van der Waals surface area contributed by atoms with Gasteiger partial charge in [-0.05, 0) is 29.8 Å². The number of phenolic OH excluding ortho intramolecular Hbond substituents is 1. The van der Waals surface area contributed by atoms with E-state index in [0.29, 0.717) is 16.2 Å². The Labute approximate surface area is 110 Å². The molecular formula is C15H11ClO2. The molecule has 0 heterocycles. The monoisotopic (exact) mass is 258 g/mol.